The average molecular weight is 529 g/mol. The van der Waals surface area contributed by atoms with E-state index in [0.717, 1.165) is 24.8 Å². The highest BCUT2D eigenvalue weighted by Gasteiger charge is 2.88. The summed E-state index contributed by atoms with van der Waals surface area (Å²) in [5, 5.41) is 34.1. The van der Waals surface area contributed by atoms with Crippen molar-refractivity contribution in [1.82, 2.24) is 0 Å². The zero-order valence-electron chi connectivity index (χ0n) is 22.7. The summed E-state index contributed by atoms with van der Waals surface area (Å²) in [6.45, 7) is 11.5. The van der Waals surface area contributed by atoms with E-state index in [1.165, 1.54) is 6.42 Å². The molecule has 5 fully saturated rings. The summed E-state index contributed by atoms with van der Waals surface area (Å²) < 4.78 is 26.3. The van der Waals surface area contributed by atoms with Gasteiger partial charge in [0.25, 0.3) is 0 Å². The molecule has 8 nitrogen and oxygen atoms in total. The molecule has 0 aromatic carbocycles. The first-order chi connectivity index (χ1) is 18.0. The number of fused-ring (bicyclic) bond motifs is 3. The monoisotopic (exact) mass is 528 g/mol. The minimum Gasteiger partial charge on any atom is -0.393 e. The zero-order valence-corrected chi connectivity index (χ0v) is 22.7. The molecule has 3 aliphatic heterocycles. The maximum atomic E-state index is 13.5. The predicted molar refractivity (Wildman–Crippen MR) is 138 cm³/mol. The number of hydrogen-bond acceptors (Lipinski definition) is 8. The topological polar surface area (TPSA) is 118 Å². The highest BCUT2D eigenvalue weighted by molar-refractivity contribution is 6.05. The van der Waals surface area contributed by atoms with Crippen molar-refractivity contribution in [3.63, 3.8) is 0 Å². The van der Waals surface area contributed by atoms with Gasteiger partial charge in [-0.1, -0.05) is 57.6 Å². The van der Waals surface area contributed by atoms with E-state index in [0.29, 0.717) is 12.0 Å². The maximum Gasteiger partial charge on any atom is 0.306 e. The Bertz CT molecular complexity index is 1140. The van der Waals surface area contributed by atoms with Gasteiger partial charge in [-0.25, -0.2) is 0 Å². The standard InChI is InChI=1S/C30H40O8/c1-6-7-8-9-10-11-12-13-28-36-23-21-24-27(16-31,35-24)25(33)29(34)20(14-18(4)22(29)32)30(21,38-28)19(5)15-26(23,37-28)17(2)3/h10-14,19-21,23-25,31,33-34H,2,6-9,15-16H2,1,3-5H3/t19-,20-,21-,23-,24+,25-,26-,27+,28-,29-,30+/m1/s1. The number of hydrogen-bond donors (Lipinski definition) is 3. The molecule has 3 saturated heterocycles. The summed E-state index contributed by atoms with van der Waals surface area (Å²) in [4.78, 5) is 13.5. The molecule has 208 valence electrons. The molecule has 38 heavy (non-hydrogen) atoms. The van der Waals surface area contributed by atoms with Crippen molar-refractivity contribution in [2.24, 2.45) is 17.8 Å². The van der Waals surface area contributed by atoms with Crippen molar-refractivity contribution >= 4 is 5.78 Å². The van der Waals surface area contributed by atoms with Crippen LogP contribution in [0.15, 0.2) is 48.1 Å². The van der Waals surface area contributed by atoms with Gasteiger partial charge in [-0.3, -0.25) is 4.79 Å². The lowest BCUT2D eigenvalue weighted by molar-refractivity contribution is -0.406. The van der Waals surface area contributed by atoms with Crippen molar-refractivity contribution in [2.75, 3.05) is 6.61 Å². The van der Waals surface area contributed by atoms with Crippen LogP contribution in [0.5, 0.6) is 0 Å². The van der Waals surface area contributed by atoms with E-state index >= 15 is 0 Å². The Morgan fingerprint density at radius 3 is 2.66 bits per heavy atom. The molecule has 0 amide bonds. The van der Waals surface area contributed by atoms with Gasteiger partial charge in [0.1, 0.15) is 29.5 Å². The van der Waals surface area contributed by atoms with Gasteiger partial charge in [-0.15, -0.1) is 0 Å². The number of epoxide rings is 1. The fourth-order valence-corrected chi connectivity index (χ4v) is 8.28. The summed E-state index contributed by atoms with van der Waals surface area (Å²) in [5.74, 6) is -3.79. The van der Waals surface area contributed by atoms with E-state index in [2.05, 4.69) is 19.6 Å². The Morgan fingerprint density at radius 2 is 1.97 bits per heavy atom. The molecule has 0 spiro atoms. The third kappa shape index (κ3) is 3.03. The van der Waals surface area contributed by atoms with Crippen LogP contribution in [-0.4, -0.2) is 74.4 Å². The van der Waals surface area contributed by atoms with Crippen LogP contribution < -0.4 is 0 Å². The number of carbonyl (C=O) groups is 1. The molecule has 11 atom stereocenters. The van der Waals surface area contributed by atoms with Crippen LogP contribution in [0.4, 0.5) is 0 Å². The Kier molecular flexibility index (Phi) is 5.89. The lowest BCUT2D eigenvalue weighted by atomic mass is 9.54. The number of unbranched alkanes of at least 4 members (excludes halogenated alkanes) is 3. The van der Waals surface area contributed by atoms with Gasteiger partial charge in [-0.05, 0) is 50.2 Å². The van der Waals surface area contributed by atoms with Crippen molar-refractivity contribution in [3.8, 4) is 0 Å². The largest absolute Gasteiger partial charge is 0.393 e. The summed E-state index contributed by atoms with van der Waals surface area (Å²) in [6, 6.07) is 0. The SMILES string of the molecule is C=C(C)[C@]12C[C@@H](C)[C@@]34O[C@](C=CC=CCCCCC)(O[C@@H]1[C@@H]3[C@@H]1O[C@]1(CO)[C@@H](O)[C@]1(O)C(=O)C(C)=C[C@H]14)O2. The smallest absolute Gasteiger partial charge is 0.306 e. The molecule has 0 aromatic heterocycles. The van der Waals surface area contributed by atoms with Crippen molar-refractivity contribution < 1.29 is 39.1 Å². The highest BCUT2D eigenvalue weighted by atomic mass is 16.9. The van der Waals surface area contributed by atoms with Gasteiger partial charge >= 0.3 is 5.97 Å². The number of rotatable bonds is 8. The zero-order chi connectivity index (χ0) is 27.3. The van der Waals surface area contributed by atoms with Crippen LogP contribution in [0.2, 0.25) is 0 Å². The molecular weight excluding hydrogens is 488 g/mol. The van der Waals surface area contributed by atoms with Gasteiger partial charge in [0.15, 0.2) is 11.4 Å². The highest BCUT2D eigenvalue weighted by Crippen LogP contribution is 2.72. The molecule has 3 bridgehead atoms. The molecule has 8 heteroatoms. The Labute approximate surface area is 224 Å². The Balaban J connectivity index is 1.48. The minimum atomic E-state index is -2.21. The molecule has 0 aromatic rings. The van der Waals surface area contributed by atoms with Gasteiger partial charge in [-0.2, -0.15) is 0 Å². The predicted octanol–water partition coefficient (Wildman–Crippen LogP) is 2.87. The third-order valence-electron chi connectivity index (χ3n) is 10.2. The first-order valence-corrected chi connectivity index (χ1v) is 14.0. The molecule has 3 N–H and O–H groups in total. The number of carbonyl (C=O) groups excluding carboxylic acids is 1. The fraction of sp³-hybridized carbons (Fsp3) is 0.700. The van der Waals surface area contributed by atoms with Crippen LogP contribution in [0.1, 0.15) is 59.8 Å². The molecule has 6 aliphatic rings. The molecule has 0 unspecified atom stereocenters. The molecule has 3 heterocycles. The minimum absolute atomic E-state index is 0.235. The van der Waals surface area contributed by atoms with E-state index in [9.17, 15) is 20.1 Å². The Hall–Kier alpha value is -1.65. The molecule has 0 radical (unpaired) electrons. The molecule has 6 rings (SSSR count). The summed E-state index contributed by atoms with van der Waals surface area (Å²) in [6.07, 6.45) is 11.4. The molecule has 2 saturated carbocycles. The maximum absolute atomic E-state index is 13.5. The number of Topliss-reactive ketones (excluding diaryl/α,β-unsaturated/α-hetero) is 1. The number of allylic oxidation sites excluding steroid dienone is 3. The first-order valence-electron chi connectivity index (χ1n) is 14.0. The fourth-order valence-electron chi connectivity index (χ4n) is 8.28. The van der Waals surface area contributed by atoms with E-state index in [-0.39, 0.29) is 5.92 Å². The van der Waals surface area contributed by atoms with Gasteiger partial charge in [0.2, 0.25) is 0 Å². The van der Waals surface area contributed by atoms with Crippen LogP contribution in [0.25, 0.3) is 0 Å². The van der Waals surface area contributed by atoms with Gasteiger partial charge < -0.3 is 34.3 Å². The summed E-state index contributed by atoms with van der Waals surface area (Å²) in [5.41, 5.74) is -4.66. The average Bonchev–Trinajstić information content (AvgIpc) is 3.52. The molecular formula is C30H40O8. The van der Waals surface area contributed by atoms with Gasteiger partial charge in [0, 0.05) is 17.9 Å². The second kappa shape index (κ2) is 8.43. The van der Waals surface area contributed by atoms with Crippen LogP contribution >= 0.6 is 0 Å². The second-order valence-corrected chi connectivity index (χ2v) is 12.3. The number of ether oxygens (including phenoxy) is 4. The van der Waals surface area contributed by atoms with Crippen molar-refractivity contribution in [1.29, 1.82) is 0 Å². The van der Waals surface area contributed by atoms with Crippen molar-refractivity contribution in [3.05, 3.63) is 48.1 Å². The lowest BCUT2D eigenvalue weighted by Crippen LogP contribution is -2.72. The second-order valence-electron chi connectivity index (χ2n) is 12.3. The van der Waals surface area contributed by atoms with Crippen LogP contribution in [-0.2, 0) is 23.7 Å². The van der Waals surface area contributed by atoms with E-state index in [1.54, 1.807) is 19.1 Å². The molecule has 3 aliphatic carbocycles. The summed E-state index contributed by atoms with van der Waals surface area (Å²) >= 11 is 0. The van der Waals surface area contributed by atoms with E-state index in [1.807, 2.05) is 26.0 Å². The number of ketones is 1. The first kappa shape index (κ1) is 26.6. The van der Waals surface area contributed by atoms with Gasteiger partial charge in [0.05, 0.1) is 12.2 Å². The lowest BCUT2D eigenvalue weighted by Gasteiger charge is -2.59. The van der Waals surface area contributed by atoms with E-state index in [4.69, 9.17) is 18.9 Å². The normalized spacial score (nSPS) is 52.2. The van der Waals surface area contributed by atoms with Crippen LogP contribution in [0, 0.1) is 17.8 Å². The number of aliphatic hydroxyl groups excluding tert-OH is 2. The Morgan fingerprint density at radius 1 is 1.21 bits per heavy atom. The quantitative estimate of drug-likeness (QED) is 0.191. The van der Waals surface area contributed by atoms with Crippen molar-refractivity contribution in [2.45, 2.75) is 106 Å². The summed E-state index contributed by atoms with van der Waals surface area (Å²) in [7, 11) is 0. The van der Waals surface area contributed by atoms with E-state index < -0.39 is 70.9 Å². The number of aliphatic hydroxyl groups is 3. The van der Waals surface area contributed by atoms with Crippen LogP contribution in [0.3, 0.4) is 0 Å². The third-order valence-corrected chi connectivity index (χ3v) is 10.2.